The third kappa shape index (κ3) is 7.00. The minimum Gasteiger partial charge on any atom is -0.597 e. The van der Waals surface area contributed by atoms with Crippen LogP contribution in [-0.2, 0) is 22.3 Å². The van der Waals surface area contributed by atoms with E-state index in [1.54, 1.807) is 6.07 Å². The Labute approximate surface area is 316 Å². The fourth-order valence-corrected chi connectivity index (χ4v) is 13.7. The number of fused-ring (bicyclic) bond motifs is 2. The highest BCUT2D eigenvalue weighted by Gasteiger charge is 2.51. The van der Waals surface area contributed by atoms with Crippen LogP contribution in [0.4, 0.5) is 0 Å². The lowest BCUT2D eigenvalue weighted by Gasteiger charge is -2.43. The van der Waals surface area contributed by atoms with Gasteiger partial charge in [-0.05, 0) is 72.4 Å². The highest BCUT2D eigenvalue weighted by Crippen LogP contribution is 2.46. The number of hydrogen-bond acceptors (Lipinski definition) is 6. The van der Waals surface area contributed by atoms with Crippen LogP contribution in [0, 0.1) is 0 Å². The number of hydrogen-bond donors (Lipinski definition) is 1. The molecule has 9 heteroatoms. The molecule has 0 amide bonds. The van der Waals surface area contributed by atoms with Crippen molar-refractivity contribution in [3.05, 3.63) is 138 Å². The normalized spacial score (nSPS) is 15.8. The van der Waals surface area contributed by atoms with E-state index in [1.807, 2.05) is 91.8 Å². The molecule has 6 aromatic rings. The average Bonchev–Trinajstić information content (AvgIpc) is 3.74. The van der Waals surface area contributed by atoms with E-state index in [2.05, 4.69) is 69.3 Å². The number of carboxylic acid groups (broad SMARTS) is 1. The molecule has 0 radical (unpaired) electrons. The molecule has 4 aromatic carbocycles. The molecule has 3 heterocycles. The van der Waals surface area contributed by atoms with E-state index in [9.17, 15) is 14.5 Å². The fourth-order valence-electron chi connectivity index (χ4n) is 7.71. The first-order valence-corrected chi connectivity index (χ1v) is 21.1. The molecule has 1 aliphatic rings. The summed E-state index contributed by atoms with van der Waals surface area (Å²) >= 11 is -1.41. The molecule has 0 aliphatic carbocycles. The van der Waals surface area contributed by atoms with Crippen molar-refractivity contribution in [1.82, 2.24) is 9.29 Å². The molecular weight excluding hydrogens is 697 g/mol. The summed E-state index contributed by atoms with van der Waals surface area (Å²) in [6.07, 6.45) is 0.531. The predicted molar refractivity (Wildman–Crippen MR) is 216 cm³/mol. The SMILES string of the molecule is CC(C)(C)[S@@+]([O-])N1Cc2cc(C(=O)O)nc(-c3cccc(-c4cc5ccccc5o4)c3)c2C1CCO[Si](c1ccccc1)(c1ccccc1)C(C)(C)C. The second-order valence-corrected chi connectivity index (χ2v) is 22.2. The van der Waals surface area contributed by atoms with Crippen LogP contribution in [-0.4, -0.2) is 44.6 Å². The first kappa shape index (κ1) is 36.8. The van der Waals surface area contributed by atoms with Crippen LogP contribution < -0.4 is 10.4 Å². The van der Waals surface area contributed by atoms with Crippen LogP contribution in [0.15, 0.2) is 126 Å². The van der Waals surface area contributed by atoms with Crippen LogP contribution >= 0.6 is 0 Å². The zero-order valence-electron chi connectivity index (χ0n) is 31.1. The third-order valence-corrected chi connectivity index (χ3v) is 17.0. The Kier molecular flexibility index (Phi) is 9.99. The van der Waals surface area contributed by atoms with Gasteiger partial charge in [0.2, 0.25) is 0 Å². The summed E-state index contributed by atoms with van der Waals surface area (Å²) in [6, 6.07) is 40.2. The smallest absolute Gasteiger partial charge is 0.354 e. The summed E-state index contributed by atoms with van der Waals surface area (Å²) in [4.78, 5) is 17.3. The molecule has 272 valence electrons. The van der Waals surface area contributed by atoms with Crippen molar-refractivity contribution in [2.45, 2.75) is 70.3 Å². The Morgan fingerprint density at radius 2 is 1.49 bits per heavy atom. The minimum atomic E-state index is -2.86. The van der Waals surface area contributed by atoms with Gasteiger partial charge in [-0.25, -0.2) is 9.78 Å². The second-order valence-electron chi connectivity index (χ2n) is 15.7. The Morgan fingerprint density at radius 3 is 2.09 bits per heavy atom. The van der Waals surface area contributed by atoms with Crippen LogP contribution in [0.25, 0.3) is 33.6 Å². The van der Waals surface area contributed by atoms with Crippen molar-refractivity contribution in [1.29, 1.82) is 0 Å². The lowest BCUT2D eigenvalue weighted by atomic mass is 9.95. The number of aromatic nitrogens is 1. The number of benzene rings is 4. The third-order valence-electron chi connectivity index (χ3n) is 10.1. The highest BCUT2D eigenvalue weighted by molar-refractivity contribution is 7.90. The molecule has 0 saturated carbocycles. The summed E-state index contributed by atoms with van der Waals surface area (Å²) in [5.41, 5.74) is 4.65. The van der Waals surface area contributed by atoms with Gasteiger partial charge in [0.1, 0.15) is 21.8 Å². The first-order valence-electron chi connectivity index (χ1n) is 18.1. The maximum Gasteiger partial charge on any atom is 0.354 e. The molecule has 0 bridgehead atoms. The van der Waals surface area contributed by atoms with Gasteiger partial charge in [-0.3, -0.25) is 0 Å². The van der Waals surface area contributed by atoms with Gasteiger partial charge in [-0.15, -0.1) is 4.31 Å². The monoisotopic (exact) mass is 742 g/mol. The second kappa shape index (κ2) is 14.4. The summed E-state index contributed by atoms with van der Waals surface area (Å²) in [5.74, 6) is -0.394. The highest BCUT2D eigenvalue weighted by atomic mass is 32.2. The predicted octanol–water partition coefficient (Wildman–Crippen LogP) is 9.15. The Balaban J connectivity index is 1.33. The van der Waals surface area contributed by atoms with Gasteiger partial charge in [0.15, 0.2) is 0 Å². The molecule has 1 aliphatic heterocycles. The minimum absolute atomic E-state index is 0.0430. The molecule has 2 atom stereocenters. The number of furan rings is 1. The molecule has 53 heavy (non-hydrogen) atoms. The van der Waals surface area contributed by atoms with E-state index in [0.29, 0.717) is 31.0 Å². The molecular formula is C44H46N2O5SSi. The van der Waals surface area contributed by atoms with Crippen molar-refractivity contribution < 1.29 is 23.3 Å². The molecule has 0 saturated heterocycles. The first-order chi connectivity index (χ1) is 25.3. The van der Waals surface area contributed by atoms with Gasteiger partial charge in [-0.2, -0.15) is 0 Å². The maximum absolute atomic E-state index is 14.4. The van der Waals surface area contributed by atoms with E-state index in [1.165, 1.54) is 10.4 Å². The summed E-state index contributed by atoms with van der Waals surface area (Å²) in [7, 11) is -2.86. The average molecular weight is 743 g/mol. The van der Waals surface area contributed by atoms with Gasteiger partial charge < -0.3 is 18.5 Å². The number of nitrogens with zero attached hydrogens (tertiary/aromatic N) is 2. The van der Waals surface area contributed by atoms with Crippen LogP contribution in [0.3, 0.4) is 0 Å². The van der Waals surface area contributed by atoms with Crippen molar-refractivity contribution in [2.24, 2.45) is 0 Å². The number of rotatable bonds is 10. The zero-order chi connectivity index (χ0) is 37.5. The molecule has 2 aromatic heterocycles. The largest absolute Gasteiger partial charge is 0.597 e. The molecule has 0 spiro atoms. The molecule has 7 rings (SSSR count). The van der Waals surface area contributed by atoms with Gasteiger partial charge in [0.05, 0.1) is 18.3 Å². The van der Waals surface area contributed by atoms with Crippen molar-refractivity contribution >= 4 is 47.0 Å². The number of pyridine rings is 1. The standard InChI is InChI=1S/C44H46N2O5SSi/c1-43(2,3)52(49)46-29-33-27-36(42(47)48)45-41(32-18-15-17-30(26-32)39-28-31-16-13-14-23-38(31)51-39)40(33)37(46)24-25-50-53(44(4,5)6,34-19-9-7-10-20-34)35-21-11-8-12-22-35/h7-23,26-28,37H,24-25,29H2,1-6H3,(H,47,48)/t37?,52-/m1/s1. The molecule has 1 N–H and O–H groups in total. The number of carbonyl (C=O) groups is 1. The summed E-state index contributed by atoms with van der Waals surface area (Å²) in [6.45, 7) is 13.4. The molecule has 0 fully saturated rings. The molecule has 1 unspecified atom stereocenters. The van der Waals surface area contributed by atoms with Crippen LogP contribution in [0.1, 0.15) is 75.6 Å². The fraction of sp³-hybridized carbons (Fsp3) is 0.273. The lowest BCUT2D eigenvalue weighted by Crippen LogP contribution is -2.66. The van der Waals surface area contributed by atoms with E-state index in [0.717, 1.165) is 33.2 Å². The Hall–Kier alpha value is -4.51. The summed E-state index contributed by atoms with van der Waals surface area (Å²) in [5, 5.41) is 13.4. The lowest BCUT2D eigenvalue weighted by molar-refractivity contribution is 0.0690. The van der Waals surface area contributed by atoms with Gasteiger partial charge >= 0.3 is 5.97 Å². The number of para-hydroxylation sites is 1. The van der Waals surface area contributed by atoms with Crippen molar-refractivity contribution in [2.75, 3.05) is 6.61 Å². The quantitative estimate of drug-likeness (QED) is 0.110. The van der Waals surface area contributed by atoms with Crippen molar-refractivity contribution in [3.63, 3.8) is 0 Å². The number of carboxylic acids is 1. The van der Waals surface area contributed by atoms with Gasteiger partial charge in [0, 0.05) is 40.0 Å². The Morgan fingerprint density at radius 1 is 0.868 bits per heavy atom. The van der Waals surface area contributed by atoms with Gasteiger partial charge in [-0.1, -0.05) is 118 Å². The van der Waals surface area contributed by atoms with Crippen LogP contribution in [0.2, 0.25) is 5.04 Å². The van der Waals surface area contributed by atoms with E-state index < -0.39 is 30.4 Å². The maximum atomic E-state index is 14.4. The van der Waals surface area contributed by atoms with E-state index in [-0.39, 0.29) is 16.8 Å². The van der Waals surface area contributed by atoms with Crippen LogP contribution in [0.5, 0.6) is 0 Å². The topological polar surface area (TPSA) is 98.9 Å². The van der Waals surface area contributed by atoms with Gasteiger partial charge in [0.25, 0.3) is 8.32 Å². The van der Waals surface area contributed by atoms with Crippen molar-refractivity contribution in [3.8, 4) is 22.6 Å². The number of aromatic carboxylic acids is 1. The zero-order valence-corrected chi connectivity index (χ0v) is 32.9. The van der Waals surface area contributed by atoms with E-state index >= 15 is 0 Å². The summed E-state index contributed by atoms with van der Waals surface area (Å²) < 4.78 is 29.4. The molecule has 7 nitrogen and oxygen atoms in total. The Bertz CT molecular complexity index is 2170. The van der Waals surface area contributed by atoms with E-state index in [4.69, 9.17) is 13.8 Å².